The molecule has 0 atom stereocenters. The van der Waals surface area contributed by atoms with Crippen molar-refractivity contribution in [2.75, 3.05) is 0 Å². The summed E-state index contributed by atoms with van der Waals surface area (Å²) in [7, 11) is 0. The van der Waals surface area contributed by atoms with E-state index >= 15 is 0 Å². The van der Waals surface area contributed by atoms with Gasteiger partial charge in [0.1, 0.15) is 0 Å². The number of benzene rings is 2. The van der Waals surface area contributed by atoms with Crippen LogP contribution >= 0.6 is 11.6 Å². The molecule has 0 saturated carbocycles. The van der Waals surface area contributed by atoms with Gasteiger partial charge >= 0.3 is 0 Å². The first-order chi connectivity index (χ1) is 6.31. The first kappa shape index (κ1) is 8.20. The van der Waals surface area contributed by atoms with Gasteiger partial charge in [-0.25, -0.2) is 5.53 Å². The number of halogens is 1. The highest BCUT2D eigenvalue weighted by Crippen LogP contribution is 2.27. The van der Waals surface area contributed by atoms with E-state index in [1.54, 1.807) is 6.07 Å². The number of nitrogens with zero attached hydrogens (tertiary/aromatic N) is 1. The summed E-state index contributed by atoms with van der Waals surface area (Å²) in [5.74, 6) is 0. The van der Waals surface area contributed by atoms with Crippen LogP contribution in [0.5, 0.6) is 0 Å². The van der Waals surface area contributed by atoms with E-state index in [9.17, 15) is 0 Å². The highest BCUT2D eigenvalue weighted by Gasteiger charge is 1.98. The zero-order chi connectivity index (χ0) is 9.26. The molecule has 0 radical (unpaired) electrons. The van der Waals surface area contributed by atoms with Crippen LogP contribution in [0.1, 0.15) is 0 Å². The van der Waals surface area contributed by atoms with Crippen LogP contribution in [0.15, 0.2) is 41.5 Å². The van der Waals surface area contributed by atoms with Crippen molar-refractivity contribution in [3.63, 3.8) is 0 Å². The number of hydrogen-bond donors (Lipinski definition) is 1. The summed E-state index contributed by atoms with van der Waals surface area (Å²) >= 11 is 5.84. The molecular formula is C10H7ClN2. The van der Waals surface area contributed by atoms with Gasteiger partial charge in [0.15, 0.2) is 0 Å². The predicted octanol–water partition coefficient (Wildman–Crippen LogP) is 4.16. The molecule has 0 heterocycles. The zero-order valence-corrected chi connectivity index (χ0v) is 7.55. The monoisotopic (exact) mass is 190 g/mol. The summed E-state index contributed by atoms with van der Waals surface area (Å²) in [4.78, 5) is 0. The number of rotatable bonds is 1. The predicted molar refractivity (Wildman–Crippen MR) is 53.8 cm³/mol. The second-order valence-corrected chi connectivity index (χ2v) is 3.19. The Labute approximate surface area is 80.7 Å². The molecule has 0 aromatic heterocycles. The van der Waals surface area contributed by atoms with Gasteiger partial charge in [0, 0.05) is 10.4 Å². The molecule has 13 heavy (non-hydrogen) atoms. The summed E-state index contributed by atoms with van der Waals surface area (Å²) in [6.07, 6.45) is 0. The van der Waals surface area contributed by atoms with E-state index in [2.05, 4.69) is 5.11 Å². The van der Waals surface area contributed by atoms with Crippen LogP contribution in [0.25, 0.3) is 10.8 Å². The Hall–Kier alpha value is -1.41. The largest absolute Gasteiger partial charge is 0.204 e. The molecule has 0 unspecified atom stereocenters. The van der Waals surface area contributed by atoms with Crippen molar-refractivity contribution >= 4 is 28.1 Å². The Morgan fingerprint density at radius 2 is 2.00 bits per heavy atom. The molecule has 1 N–H and O–H groups in total. The van der Waals surface area contributed by atoms with E-state index < -0.39 is 0 Å². The SMILES string of the molecule is N=Nc1cccc2cc(Cl)ccc12. The van der Waals surface area contributed by atoms with Crippen molar-refractivity contribution in [1.82, 2.24) is 0 Å². The molecule has 2 rings (SSSR count). The molecule has 0 saturated heterocycles. The third-order valence-electron chi connectivity index (χ3n) is 1.94. The molecule has 0 aliphatic rings. The lowest BCUT2D eigenvalue weighted by Gasteiger charge is -2.00. The van der Waals surface area contributed by atoms with Gasteiger partial charge in [-0.3, -0.25) is 0 Å². The fourth-order valence-corrected chi connectivity index (χ4v) is 1.52. The Morgan fingerprint density at radius 1 is 1.15 bits per heavy atom. The van der Waals surface area contributed by atoms with Gasteiger partial charge in [-0.1, -0.05) is 29.8 Å². The van der Waals surface area contributed by atoms with Crippen molar-refractivity contribution in [3.05, 3.63) is 41.4 Å². The van der Waals surface area contributed by atoms with Gasteiger partial charge < -0.3 is 0 Å². The zero-order valence-electron chi connectivity index (χ0n) is 6.79. The molecule has 2 nitrogen and oxygen atoms in total. The van der Waals surface area contributed by atoms with Crippen molar-refractivity contribution < 1.29 is 0 Å². The van der Waals surface area contributed by atoms with E-state index in [-0.39, 0.29) is 0 Å². The summed E-state index contributed by atoms with van der Waals surface area (Å²) in [5, 5.41) is 6.11. The van der Waals surface area contributed by atoms with E-state index in [1.165, 1.54) is 0 Å². The van der Waals surface area contributed by atoms with Crippen LogP contribution in [0, 0.1) is 5.53 Å². The molecule has 0 aliphatic carbocycles. The topological polar surface area (TPSA) is 36.2 Å². The molecule has 0 aliphatic heterocycles. The van der Waals surface area contributed by atoms with Gasteiger partial charge in [0.2, 0.25) is 0 Å². The normalized spacial score (nSPS) is 10.2. The minimum absolute atomic E-state index is 0.675. The molecule has 2 aromatic rings. The summed E-state index contributed by atoms with van der Waals surface area (Å²) in [5.41, 5.74) is 7.65. The van der Waals surface area contributed by atoms with E-state index in [4.69, 9.17) is 17.1 Å². The van der Waals surface area contributed by atoms with Crippen LogP contribution in [0.2, 0.25) is 5.02 Å². The van der Waals surface area contributed by atoms with Gasteiger partial charge in [0.25, 0.3) is 0 Å². The standard InChI is InChI=1S/C10H7ClN2/c11-8-4-5-9-7(6-8)2-1-3-10(9)13-12/h1-6,12H. The molecule has 0 bridgehead atoms. The van der Waals surface area contributed by atoms with E-state index in [1.807, 2.05) is 30.3 Å². The molecule has 64 valence electrons. The Morgan fingerprint density at radius 3 is 2.77 bits per heavy atom. The fraction of sp³-hybridized carbons (Fsp3) is 0. The molecule has 0 fully saturated rings. The van der Waals surface area contributed by atoms with Crippen molar-refractivity contribution in [2.45, 2.75) is 0 Å². The number of hydrogen-bond acceptors (Lipinski definition) is 2. The van der Waals surface area contributed by atoms with Gasteiger partial charge in [-0.15, -0.1) is 0 Å². The summed E-state index contributed by atoms with van der Waals surface area (Å²) in [6.45, 7) is 0. The van der Waals surface area contributed by atoms with Gasteiger partial charge in [-0.05, 0) is 23.6 Å². The highest BCUT2D eigenvalue weighted by atomic mass is 35.5. The molecule has 3 heteroatoms. The third-order valence-corrected chi connectivity index (χ3v) is 2.17. The molecule has 2 aromatic carbocycles. The lowest BCUT2D eigenvalue weighted by molar-refractivity contribution is 1.16. The molecule has 0 spiro atoms. The second-order valence-electron chi connectivity index (χ2n) is 2.75. The minimum Gasteiger partial charge on any atom is -0.204 e. The van der Waals surface area contributed by atoms with Crippen LogP contribution in [0.3, 0.4) is 0 Å². The fourth-order valence-electron chi connectivity index (χ4n) is 1.33. The van der Waals surface area contributed by atoms with Crippen LogP contribution < -0.4 is 0 Å². The summed E-state index contributed by atoms with van der Waals surface area (Å²) in [6, 6.07) is 11.2. The minimum atomic E-state index is 0.675. The lowest BCUT2D eigenvalue weighted by atomic mass is 10.1. The number of fused-ring (bicyclic) bond motifs is 1. The van der Waals surface area contributed by atoms with Crippen molar-refractivity contribution in [2.24, 2.45) is 5.11 Å². The lowest BCUT2D eigenvalue weighted by Crippen LogP contribution is -1.72. The maximum atomic E-state index is 6.97. The Kier molecular flexibility index (Phi) is 1.99. The average Bonchev–Trinajstić information content (AvgIpc) is 2.16. The Balaban J connectivity index is 2.84. The quantitative estimate of drug-likeness (QED) is 0.656. The van der Waals surface area contributed by atoms with Crippen molar-refractivity contribution in [3.8, 4) is 0 Å². The first-order valence-electron chi connectivity index (χ1n) is 3.87. The smallest absolute Gasteiger partial charge is 0.0928 e. The Bertz CT molecular complexity index is 465. The second kappa shape index (κ2) is 3.15. The third kappa shape index (κ3) is 1.40. The molecule has 0 amide bonds. The number of nitrogens with one attached hydrogen (secondary N) is 1. The highest BCUT2D eigenvalue weighted by molar-refractivity contribution is 6.31. The van der Waals surface area contributed by atoms with Crippen molar-refractivity contribution in [1.29, 1.82) is 5.53 Å². The van der Waals surface area contributed by atoms with Gasteiger partial charge in [-0.2, -0.15) is 5.11 Å². The van der Waals surface area contributed by atoms with E-state index in [0.717, 1.165) is 10.8 Å². The maximum absolute atomic E-state index is 6.97. The van der Waals surface area contributed by atoms with Crippen LogP contribution in [0.4, 0.5) is 5.69 Å². The van der Waals surface area contributed by atoms with Gasteiger partial charge in [0.05, 0.1) is 5.69 Å². The van der Waals surface area contributed by atoms with Crippen LogP contribution in [-0.4, -0.2) is 0 Å². The first-order valence-corrected chi connectivity index (χ1v) is 4.25. The van der Waals surface area contributed by atoms with E-state index in [0.29, 0.717) is 10.7 Å². The average molecular weight is 191 g/mol. The van der Waals surface area contributed by atoms with Crippen LogP contribution in [-0.2, 0) is 0 Å². The maximum Gasteiger partial charge on any atom is 0.0928 e. The summed E-state index contributed by atoms with van der Waals surface area (Å²) < 4.78 is 0. The molecular weight excluding hydrogens is 184 g/mol.